The zero-order chi connectivity index (χ0) is 16.3. The molecule has 1 aromatic rings. The van der Waals surface area contributed by atoms with E-state index >= 15 is 0 Å². The van der Waals surface area contributed by atoms with E-state index in [0.29, 0.717) is 5.92 Å². The van der Waals surface area contributed by atoms with Crippen LogP contribution in [0.3, 0.4) is 0 Å². The van der Waals surface area contributed by atoms with E-state index in [2.05, 4.69) is 12.2 Å². The van der Waals surface area contributed by atoms with Gasteiger partial charge in [-0.2, -0.15) is 0 Å². The number of aromatic carboxylic acids is 1. The first-order chi connectivity index (χ1) is 10.4. The van der Waals surface area contributed by atoms with Gasteiger partial charge < -0.3 is 10.4 Å². The monoisotopic (exact) mass is 306 g/mol. The van der Waals surface area contributed by atoms with E-state index in [1.54, 1.807) is 0 Å². The zero-order valence-corrected chi connectivity index (χ0v) is 12.2. The molecule has 118 valence electrons. The Morgan fingerprint density at radius 1 is 1.23 bits per heavy atom. The number of carbonyl (C=O) groups excluding carboxylic acids is 1. The summed E-state index contributed by atoms with van der Waals surface area (Å²) in [6.45, 7) is 2.06. The zero-order valence-electron chi connectivity index (χ0n) is 12.2. The van der Waals surface area contributed by atoms with Gasteiger partial charge in [0.25, 0.3) is 11.6 Å². The highest BCUT2D eigenvalue weighted by Crippen LogP contribution is 2.24. The molecule has 0 saturated heterocycles. The highest BCUT2D eigenvalue weighted by Gasteiger charge is 2.24. The molecule has 1 aliphatic carbocycles. The molecule has 2 atom stereocenters. The number of carboxylic acids is 1. The van der Waals surface area contributed by atoms with Gasteiger partial charge in [0.2, 0.25) is 0 Å². The highest BCUT2D eigenvalue weighted by atomic mass is 16.6. The summed E-state index contributed by atoms with van der Waals surface area (Å²) < 4.78 is 0. The first-order valence-corrected chi connectivity index (χ1v) is 7.22. The Morgan fingerprint density at radius 3 is 2.45 bits per heavy atom. The summed E-state index contributed by atoms with van der Waals surface area (Å²) in [5, 5.41) is 22.7. The molecule has 22 heavy (non-hydrogen) atoms. The fraction of sp³-hybridized carbons (Fsp3) is 0.467. The molecule has 2 N–H and O–H groups in total. The first kappa shape index (κ1) is 15.9. The summed E-state index contributed by atoms with van der Waals surface area (Å²) in [4.78, 5) is 33.5. The number of carboxylic acid groups (broad SMARTS) is 1. The minimum Gasteiger partial charge on any atom is -0.478 e. The van der Waals surface area contributed by atoms with Gasteiger partial charge in [-0.15, -0.1) is 0 Å². The van der Waals surface area contributed by atoms with Gasteiger partial charge in [0.05, 0.1) is 10.5 Å². The van der Waals surface area contributed by atoms with Crippen LogP contribution in [-0.4, -0.2) is 27.9 Å². The molecule has 7 nitrogen and oxygen atoms in total. The van der Waals surface area contributed by atoms with Crippen LogP contribution in [-0.2, 0) is 0 Å². The number of hydrogen-bond donors (Lipinski definition) is 2. The maximum absolute atomic E-state index is 12.3. The summed E-state index contributed by atoms with van der Waals surface area (Å²) in [5.41, 5.74) is -0.665. The lowest BCUT2D eigenvalue weighted by Gasteiger charge is -2.29. The second-order valence-corrected chi connectivity index (χ2v) is 5.67. The van der Waals surface area contributed by atoms with Crippen molar-refractivity contribution in [2.45, 2.75) is 38.6 Å². The van der Waals surface area contributed by atoms with Gasteiger partial charge in [-0.3, -0.25) is 14.9 Å². The highest BCUT2D eigenvalue weighted by molar-refractivity contribution is 5.98. The van der Waals surface area contributed by atoms with Crippen molar-refractivity contribution in [3.63, 3.8) is 0 Å². The van der Waals surface area contributed by atoms with Crippen molar-refractivity contribution in [1.82, 2.24) is 5.32 Å². The molecule has 1 amide bonds. The third-order valence-corrected chi connectivity index (χ3v) is 4.07. The average Bonchev–Trinajstić information content (AvgIpc) is 2.49. The van der Waals surface area contributed by atoms with Gasteiger partial charge in [-0.1, -0.05) is 19.8 Å². The molecule has 0 spiro atoms. The number of rotatable bonds is 4. The summed E-state index contributed by atoms with van der Waals surface area (Å²) in [6, 6.07) is 3.24. The number of benzene rings is 1. The van der Waals surface area contributed by atoms with Crippen molar-refractivity contribution < 1.29 is 19.6 Å². The van der Waals surface area contributed by atoms with Gasteiger partial charge in [0.1, 0.15) is 0 Å². The topological polar surface area (TPSA) is 110 Å². The third-order valence-electron chi connectivity index (χ3n) is 4.07. The van der Waals surface area contributed by atoms with Crippen LogP contribution < -0.4 is 5.32 Å². The Balaban J connectivity index is 2.24. The smallest absolute Gasteiger partial charge is 0.335 e. The summed E-state index contributed by atoms with van der Waals surface area (Å²) >= 11 is 0. The van der Waals surface area contributed by atoms with Gasteiger partial charge in [-0.05, 0) is 24.8 Å². The molecular weight excluding hydrogens is 288 g/mol. The Morgan fingerprint density at radius 2 is 1.86 bits per heavy atom. The minimum absolute atomic E-state index is 0.00405. The van der Waals surface area contributed by atoms with Gasteiger partial charge >= 0.3 is 5.97 Å². The van der Waals surface area contributed by atoms with Crippen LogP contribution >= 0.6 is 0 Å². The molecule has 0 heterocycles. The van der Waals surface area contributed by atoms with Gasteiger partial charge in [0, 0.05) is 23.7 Å². The Bertz CT molecular complexity index is 582. The fourth-order valence-corrected chi connectivity index (χ4v) is 2.75. The van der Waals surface area contributed by atoms with Crippen molar-refractivity contribution in [2.75, 3.05) is 0 Å². The van der Waals surface area contributed by atoms with Crippen LogP contribution in [0.1, 0.15) is 53.3 Å². The second kappa shape index (κ2) is 6.55. The Kier molecular flexibility index (Phi) is 4.75. The molecule has 1 aliphatic rings. The van der Waals surface area contributed by atoms with Crippen LogP contribution in [0.4, 0.5) is 5.69 Å². The van der Waals surface area contributed by atoms with Gasteiger partial charge in [-0.25, -0.2) is 4.79 Å². The quantitative estimate of drug-likeness (QED) is 0.656. The standard InChI is InChI=1S/C15H18N2O5/c1-9-4-2-3-5-13(9)16-14(18)10-6-11(15(19)20)8-12(7-10)17(21)22/h6-9,13H,2-5H2,1H3,(H,16,18)(H,19,20). The van der Waals surface area contributed by atoms with E-state index in [1.807, 2.05) is 0 Å². The number of nitro groups is 1. The molecular formula is C15H18N2O5. The number of nitro benzene ring substituents is 1. The summed E-state index contributed by atoms with van der Waals surface area (Å²) in [6.07, 6.45) is 4.06. The van der Waals surface area contributed by atoms with Crippen LogP contribution in [0.2, 0.25) is 0 Å². The largest absolute Gasteiger partial charge is 0.478 e. The number of carbonyl (C=O) groups is 2. The maximum Gasteiger partial charge on any atom is 0.335 e. The third kappa shape index (κ3) is 3.60. The summed E-state index contributed by atoms with van der Waals surface area (Å²) in [7, 11) is 0. The van der Waals surface area contributed by atoms with Crippen molar-refractivity contribution in [3.8, 4) is 0 Å². The average molecular weight is 306 g/mol. The van der Waals surface area contributed by atoms with E-state index in [0.717, 1.165) is 43.9 Å². The van der Waals surface area contributed by atoms with Crippen molar-refractivity contribution in [3.05, 3.63) is 39.4 Å². The lowest BCUT2D eigenvalue weighted by atomic mass is 9.86. The van der Waals surface area contributed by atoms with Crippen LogP contribution in [0, 0.1) is 16.0 Å². The lowest BCUT2D eigenvalue weighted by Crippen LogP contribution is -2.41. The van der Waals surface area contributed by atoms with Crippen molar-refractivity contribution in [1.29, 1.82) is 0 Å². The molecule has 7 heteroatoms. The Hall–Kier alpha value is -2.44. The minimum atomic E-state index is -1.30. The molecule has 1 aromatic carbocycles. The number of nitrogens with one attached hydrogen (secondary N) is 1. The van der Waals surface area contributed by atoms with E-state index in [9.17, 15) is 19.7 Å². The van der Waals surface area contributed by atoms with E-state index in [-0.39, 0.29) is 17.2 Å². The predicted octanol–water partition coefficient (Wildman–Crippen LogP) is 2.60. The SMILES string of the molecule is CC1CCCCC1NC(=O)c1cc(C(=O)O)cc([N+](=O)[O-])c1. The molecule has 0 radical (unpaired) electrons. The second-order valence-electron chi connectivity index (χ2n) is 5.67. The molecule has 1 saturated carbocycles. The van der Waals surface area contributed by atoms with Gasteiger partial charge in [0.15, 0.2) is 0 Å². The normalized spacial score (nSPS) is 21.1. The van der Waals surface area contributed by atoms with Crippen molar-refractivity contribution >= 4 is 17.6 Å². The van der Waals surface area contributed by atoms with Crippen LogP contribution in [0.15, 0.2) is 18.2 Å². The van der Waals surface area contributed by atoms with Crippen LogP contribution in [0.5, 0.6) is 0 Å². The lowest BCUT2D eigenvalue weighted by molar-refractivity contribution is -0.384. The number of amides is 1. The molecule has 0 aliphatic heterocycles. The number of hydrogen-bond acceptors (Lipinski definition) is 4. The molecule has 2 rings (SSSR count). The first-order valence-electron chi connectivity index (χ1n) is 7.22. The molecule has 2 unspecified atom stereocenters. The van der Waals surface area contributed by atoms with E-state index < -0.39 is 22.5 Å². The maximum atomic E-state index is 12.3. The predicted molar refractivity (Wildman–Crippen MR) is 78.9 cm³/mol. The van der Waals surface area contributed by atoms with Crippen LogP contribution in [0.25, 0.3) is 0 Å². The van der Waals surface area contributed by atoms with E-state index in [1.165, 1.54) is 0 Å². The molecule has 1 fully saturated rings. The number of nitrogens with zero attached hydrogens (tertiary/aromatic N) is 1. The fourth-order valence-electron chi connectivity index (χ4n) is 2.75. The van der Waals surface area contributed by atoms with Crippen molar-refractivity contribution in [2.24, 2.45) is 5.92 Å². The number of non-ortho nitro benzene ring substituents is 1. The molecule has 0 aromatic heterocycles. The van der Waals surface area contributed by atoms with E-state index in [4.69, 9.17) is 5.11 Å². The summed E-state index contributed by atoms with van der Waals surface area (Å²) in [5.74, 6) is -1.43. The Labute approximate surface area is 127 Å². The molecule has 0 bridgehead atoms.